The fourth-order valence-electron chi connectivity index (χ4n) is 5.34. The number of β-amino-alcohol motifs (C(OH)–C–C–N with tert-alkyl or cyclic N) is 1. The van der Waals surface area contributed by atoms with Crippen molar-refractivity contribution in [1.29, 1.82) is 0 Å². The Balaban J connectivity index is 1.62. The molecular weight excluding hydrogens is 609 g/mol. The first-order valence-corrected chi connectivity index (χ1v) is 17.2. The minimum Gasteiger partial charge on any atom is -0.392 e. The smallest absolute Gasteiger partial charge is 0.250 e. The Labute approximate surface area is 272 Å². The molecule has 1 heterocycles. The molecule has 0 aromatic heterocycles. The summed E-state index contributed by atoms with van der Waals surface area (Å²) in [6, 6.07) is 14.5. The highest BCUT2D eigenvalue weighted by Gasteiger charge is 2.34. The minimum atomic E-state index is -2.48. The molecule has 0 saturated carbocycles. The molecule has 11 heteroatoms. The Hall–Kier alpha value is -3.38. The van der Waals surface area contributed by atoms with Crippen LogP contribution < -0.4 is 20.9 Å². The number of amides is 2. The van der Waals surface area contributed by atoms with Gasteiger partial charge in [-0.2, -0.15) is 8.42 Å². The van der Waals surface area contributed by atoms with Gasteiger partial charge in [0.05, 0.1) is 16.7 Å². The lowest BCUT2D eigenvalue weighted by atomic mass is 9.91. The summed E-state index contributed by atoms with van der Waals surface area (Å²) in [4.78, 5) is 30.0. The molecule has 0 radical (unpaired) electrons. The zero-order chi connectivity index (χ0) is 32.9. The maximum Gasteiger partial charge on any atom is 0.250 e. The summed E-state index contributed by atoms with van der Waals surface area (Å²) in [5.74, 6) is -0.162. The van der Waals surface area contributed by atoms with Gasteiger partial charge in [0.1, 0.15) is 6.04 Å². The summed E-state index contributed by atoms with van der Waals surface area (Å²) >= 11 is 1.50. The molecule has 0 fully saturated rings. The fourth-order valence-corrected chi connectivity index (χ4v) is 7.07. The van der Waals surface area contributed by atoms with Crippen LogP contribution >= 0.6 is 11.8 Å². The van der Waals surface area contributed by atoms with Crippen molar-refractivity contribution in [3.63, 3.8) is 0 Å². The van der Waals surface area contributed by atoms with Crippen LogP contribution in [0.1, 0.15) is 59.9 Å². The highest BCUT2D eigenvalue weighted by Crippen LogP contribution is 2.36. The van der Waals surface area contributed by atoms with Gasteiger partial charge in [-0.15, -0.1) is 11.8 Å². The Kier molecular flexibility index (Phi) is 11.0. The van der Waals surface area contributed by atoms with Crippen molar-refractivity contribution in [3.8, 4) is 0 Å². The maximum atomic E-state index is 14.0. The topological polar surface area (TPSA) is 128 Å². The van der Waals surface area contributed by atoms with Crippen LogP contribution in [-0.2, 0) is 19.9 Å². The Morgan fingerprint density at radius 1 is 1.07 bits per heavy atom. The molecule has 2 aliphatic rings. The average Bonchev–Trinajstić information content (AvgIpc) is 3.08. The second-order valence-electron chi connectivity index (χ2n) is 13.3. The van der Waals surface area contributed by atoms with Gasteiger partial charge in [-0.05, 0) is 65.3 Å². The molecule has 2 aromatic carbocycles. The van der Waals surface area contributed by atoms with Crippen LogP contribution in [0.25, 0.3) is 5.57 Å². The standard InChI is InChI=1S/C34H44N4O5S2/c1-22(39)19-35-34(5,6)18-31(40)36-27-21-44-29-14-10-9-13-28(29)38(32(27)41)20-23-15-16-25(30(17-23)45(42)43)24-11-7-8-12-26(24)37-33(2,3)4/h7-16,22,27,35,37,39H,17-21H2,1-6H3,(H,36,40)/t22-,27-/m1/s1. The number of aliphatic hydroxyl groups is 1. The Bertz CT molecular complexity index is 1630. The van der Waals surface area contributed by atoms with Crippen LogP contribution in [0.4, 0.5) is 11.4 Å². The number of nitrogens with one attached hydrogen (secondary N) is 3. The zero-order valence-corrected chi connectivity index (χ0v) is 28.4. The van der Waals surface area contributed by atoms with Gasteiger partial charge in [-0.25, -0.2) is 0 Å². The van der Waals surface area contributed by atoms with Crippen LogP contribution in [0.15, 0.2) is 71.2 Å². The van der Waals surface area contributed by atoms with Crippen molar-refractivity contribution < 1.29 is 23.1 Å². The summed E-state index contributed by atoms with van der Waals surface area (Å²) in [5, 5.41) is 19.2. The molecule has 2 aromatic rings. The van der Waals surface area contributed by atoms with Crippen LogP contribution in [0.3, 0.4) is 0 Å². The van der Waals surface area contributed by atoms with Crippen molar-refractivity contribution in [2.75, 3.05) is 29.1 Å². The summed E-state index contributed by atoms with van der Waals surface area (Å²) in [7, 11) is -2.48. The molecule has 2 atom stereocenters. The number of allylic oxidation sites excluding steroid dienone is 3. The third-order valence-electron chi connectivity index (χ3n) is 7.40. The van der Waals surface area contributed by atoms with Gasteiger partial charge >= 0.3 is 0 Å². The molecule has 4 N–H and O–H groups in total. The number of hydrogen-bond donors (Lipinski definition) is 4. The third-order valence-corrected chi connectivity index (χ3v) is 9.33. The summed E-state index contributed by atoms with van der Waals surface area (Å²) in [6.07, 6.45) is 3.45. The number of fused-ring (bicyclic) bond motifs is 1. The van der Waals surface area contributed by atoms with Gasteiger partial charge in [0.25, 0.3) is 5.91 Å². The van der Waals surface area contributed by atoms with Crippen molar-refractivity contribution in [3.05, 3.63) is 71.8 Å². The first kappa shape index (κ1) is 34.5. The van der Waals surface area contributed by atoms with E-state index in [9.17, 15) is 23.1 Å². The van der Waals surface area contributed by atoms with Crippen molar-refractivity contribution in [2.24, 2.45) is 0 Å². The van der Waals surface area contributed by atoms with Gasteiger partial charge in [0, 0.05) is 64.5 Å². The number of carbonyl (C=O) groups is 2. The molecule has 9 nitrogen and oxygen atoms in total. The lowest BCUT2D eigenvalue weighted by molar-refractivity contribution is -0.127. The fraction of sp³-hybridized carbons (Fsp3) is 0.441. The van der Waals surface area contributed by atoms with E-state index in [0.717, 1.165) is 27.4 Å². The number of hydrogen-bond acceptors (Lipinski definition) is 8. The van der Waals surface area contributed by atoms with E-state index in [1.807, 2.05) is 95.3 Å². The number of benzene rings is 2. The van der Waals surface area contributed by atoms with Crippen LogP contribution in [0.2, 0.25) is 0 Å². The number of rotatable bonds is 10. The molecule has 45 heavy (non-hydrogen) atoms. The van der Waals surface area contributed by atoms with Crippen molar-refractivity contribution >= 4 is 55.7 Å². The molecule has 1 aliphatic carbocycles. The number of carbonyl (C=O) groups excluding carboxylic acids is 2. The van der Waals surface area contributed by atoms with Gasteiger partial charge in [0.15, 0.2) is 0 Å². The van der Waals surface area contributed by atoms with Crippen molar-refractivity contribution in [1.82, 2.24) is 10.6 Å². The molecule has 0 bridgehead atoms. The lowest BCUT2D eigenvalue weighted by Crippen LogP contribution is -2.52. The Morgan fingerprint density at radius 3 is 2.44 bits per heavy atom. The average molecular weight is 653 g/mol. The molecule has 2 amide bonds. The van der Waals surface area contributed by atoms with Crippen LogP contribution in [0.5, 0.6) is 0 Å². The molecule has 4 rings (SSSR count). The minimum absolute atomic E-state index is 0.124. The van der Waals surface area contributed by atoms with E-state index in [1.165, 1.54) is 11.8 Å². The second-order valence-corrected chi connectivity index (χ2v) is 15.3. The quantitative estimate of drug-likeness (QED) is 0.278. The van der Waals surface area contributed by atoms with E-state index in [2.05, 4.69) is 16.0 Å². The molecule has 0 saturated heterocycles. The number of thioether (sulfide) groups is 1. The predicted octanol–water partition coefficient (Wildman–Crippen LogP) is 4.42. The van der Waals surface area contributed by atoms with Gasteiger partial charge < -0.3 is 26.0 Å². The second kappa shape index (κ2) is 14.4. The normalized spacial score (nSPS) is 17.9. The molecule has 0 spiro atoms. The maximum absolute atomic E-state index is 14.0. The summed E-state index contributed by atoms with van der Waals surface area (Å²) < 4.78 is 25.2. The van der Waals surface area contributed by atoms with E-state index >= 15 is 0 Å². The molecule has 0 unspecified atom stereocenters. The van der Waals surface area contributed by atoms with Gasteiger partial charge in [-0.1, -0.05) is 42.5 Å². The highest BCUT2D eigenvalue weighted by atomic mass is 32.2. The van der Waals surface area contributed by atoms with Crippen LogP contribution in [-0.4, -0.2) is 72.3 Å². The SMILES string of the molecule is C[C@@H](O)CNC(C)(C)CC(=O)N[C@@H]1CSc2ccccc2N(CC2=CC=C(c3ccccc3NC(C)(C)C)C(=S(=O)=O)C2)C1=O. The van der Waals surface area contributed by atoms with Crippen LogP contribution in [0, 0.1) is 0 Å². The zero-order valence-electron chi connectivity index (χ0n) is 26.8. The number of para-hydroxylation sites is 2. The molecule has 1 aliphatic heterocycles. The number of nitrogens with zero attached hydrogens (tertiary/aromatic N) is 1. The van der Waals surface area contributed by atoms with E-state index < -0.39 is 28.0 Å². The first-order valence-electron chi connectivity index (χ1n) is 15.1. The van der Waals surface area contributed by atoms with E-state index in [0.29, 0.717) is 17.9 Å². The van der Waals surface area contributed by atoms with Gasteiger partial charge in [0.2, 0.25) is 16.2 Å². The van der Waals surface area contributed by atoms with E-state index in [-0.39, 0.29) is 41.6 Å². The summed E-state index contributed by atoms with van der Waals surface area (Å²) in [5.41, 5.74) is 2.94. The Morgan fingerprint density at radius 2 is 1.76 bits per heavy atom. The number of anilines is 2. The van der Waals surface area contributed by atoms with E-state index in [1.54, 1.807) is 11.8 Å². The third kappa shape index (κ3) is 9.32. The summed E-state index contributed by atoms with van der Waals surface area (Å²) in [6.45, 7) is 12.1. The lowest BCUT2D eigenvalue weighted by Gasteiger charge is -2.30. The monoisotopic (exact) mass is 652 g/mol. The van der Waals surface area contributed by atoms with Gasteiger partial charge in [-0.3, -0.25) is 9.59 Å². The number of aliphatic hydroxyl groups excluding tert-OH is 1. The van der Waals surface area contributed by atoms with E-state index in [4.69, 9.17) is 0 Å². The highest BCUT2D eigenvalue weighted by molar-refractivity contribution is 7.99. The first-order chi connectivity index (χ1) is 21.1. The van der Waals surface area contributed by atoms with Crippen molar-refractivity contribution in [2.45, 2.75) is 82.5 Å². The molecule has 242 valence electrons. The largest absolute Gasteiger partial charge is 0.392 e. The predicted molar refractivity (Wildman–Crippen MR) is 184 cm³/mol. The molecular formula is C34H44N4O5S2.